The van der Waals surface area contributed by atoms with Crippen LogP contribution >= 0.6 is 0 Å². The van der Waals surface area contributed by atoms with Crippen LogP contribution in [0.15, 0.2) is 78.9 Å². The molecule has 3 rings (SSSR count). The molecule has 0 fully saturated rings. The molecule has 3 aromatic carbocycles. The van der Waals surface area contributed by atoms with Gasteiger partial charge in [0.25, 0.3) is 0 Å². The number of aliphatic hydroxyl groups is 1. The summed E-state index contributed by atoms with van der Waals surface area (Å²) in [7, 11) is 0. The van der Waals surface area contributed by atoms with Crippen LogP contribution in [-0.4, -0.2) is 46.4 Å². The van der Waals surface area contributed by atoms with Crippen LogP contribution in [0.1, 0.15) is 30.5 Å². The first kappa shape index (κ1) is 25.3. The van der Waals surface area contributed by atoms with Crippen molar-refractivity contribution in [2.75, 3.05) is 13.2 Å². The summed E-state index contributed by atoms with van der Waals surface area (Å²) in [4.78, 5) is 14.0. The number of aliphatic carboxylic acids is 1. The van der Waals surface area contributed by atoms with Crippen LogP contribution in [0, 0.1) is 0 Å². The molecule has 0 saturated carbocycles. The quantitative estimate of drug-likeness (QED) is 0.387. The highest BCUT2D eigenvalue weighted by molar-refractivity contribution is 5.73. The zero-order valence-electron chi connectivity index (χ0n) is 19.8. The molecule has 0 saturated heterocycles. The number of carboxylic acids is 1. The van der Waals surface area contributed by atoms with Crippen molar-refractivity contribution >= 4 is 5.97 Å². The molecule has 0 aromatic heterocycles. The van der Waals surface area contributed by atoms with Crippen LogP contribution in [0.2, 0.25) is 0 Å². The second-order valence-electron chi connectivity index (χ2n) is 8.08. The Labute approximate surface area is 201 Å². The molecule has 180 valence electrons. The lowest BCUT2D eigenvalue weighted by Gasteiger charge is -2.34. The smallest absolute Gasteiger partial charge is 0.334 e. The number of carboxylic acid groups (broad SMARTS) is 1. The first-order valence-electron chi connectivity index (χ1n) is 11.6. The van der Waals surface area contributed by atoms with Gasteiger partial charge in [-0.25, -0.2) is 4.79 Å². The van der Waals surface area contributed by atoms with Gasteiger partial charge in [0.05, 0.1) is 19.3 Å². The van der Waals surface area contributed by atoms with E-state index in [1.165, 1.54) is 0 Å². The average molecular weight is 464 g/mol. The number of hydrogen-bond acceptors (Lipinski definition) is 5. The Morgan fingerprint density at radius 2 is 1.32 bits per heavy atom. The molecule has 0 bridgehead atoms. The Bertz CT molecular complexity index is 984. The van der Waals surface area contributed by atoms with E-state index in [9.17, 15) is 15.0 Å². The number of nitrogens with zero attached hydrogens (tertiary/aromatic N) is 1. The first-order chi connectivity index (χ1) is 16.5. The van der Waals surface area contributed by atoms with Crippen molar-refractivity contribution < 1.29 is 24.5 Å². The molecule has 0 aliphatic rings. The van der Waals surface area contributed by atoms with E-state index in [-0.39, 0.29) is 0 Å². The molecule has 6 nitrogen and oxygen atoms in total. The Kier molecular flexibility index (Phi) is 9.50. The lowest BCUT2D eigenvalue weighted by molar-refractivity contribution is -0.151. The number of rotatable bonds is 13. The minimum atomic E-state index is -1.56. The Morgan fingerprint density at radius 1 is 0.794 bits per heavy atom. The van der Waals surface area contributed by atoms with E-state index in [2.05, 4.69) is 0 Å². The third-order valence-electron chi connectivity index (χ3n) is 5.60. The van der Waals surface area contributed by atoms with E-state index >= 15 is 0 Å². The average Bonchev–Trinajstić information content (AvgIpc) is 2.85. The normalized spacial score (nSPS) is 12.8. The summed E-state index contributed by atoms with van der Waals surface area (Å²) in [6, 6.07) is 24.7. The van der Waals surface area contributed by atoms with Crippen LogP contribution in [-0.2, 0) is 24.3 Å². The highest BCUT2D eigenvalue weighted by Gasteiger charge is 2.32. The molecule has 0 aliphatic heterocycles. The van der Waals surface area contributed by atoms with E-state index in [1.54, 1.807) is 0 Å². The zero-order chi connectivity index (χ0) is 24.3. The number of ether oxygens (including phenoxy) is 2. The molecule has 3 aromatic rings. The molecule has 0 heterocycles. The molecular formula is C28H33NO5. The number of hydrogen-bond donors (Lipinski definition) is 2. The summed E-state index contributed by atoms with van der Waals surface area (Å²) < 4.78 is 11.4. The Hall–Kier alpha value is -3.35. The van der Waals surface area contributed by atoms with E-state index in [1.807, 2.05) is 97.6 Å². The first-order valence-corrected chi connectivity index (χ1v) is 11.6. The third-order valence-corrected chi connectivity index (χ3v) is 5.60. The summed E-state index contributed by atoms with van der Waals surface area (Å²) in [6.07, 6.45) is -1.23. The second-order valence-corrected chi connectivity index (χ2v) is 8.08. The van der Waals surface area contributed by atoms with Crippen molar-refractivity contribution in [2.45, 2.75) is 45.5 Å². The molecule has 2 unspecified atom stereocenters. The monoisotopic (exact) mass is 463 g/mol. The van der Waals surface area contributed by atoms with Gasteiger partial charge in [0.15, 0.2) is 17.6 Å². The highest BCUT2D eigenvalue weighted by Crippen LogP contribution is 2.30. The summed E-state index contributed by atoms with van der Waals surface area (Å²) in [6.45, 7) is 5.81. The topological polar surface area (TPSA) is 79.2 Å². The molecule has 2 N–H and O–H groups in total. The maximum absolute atomic E-state index is 11.9. The second kappa shape index (κ2) is 12.8. The predicted octanol–water partition coefficient (Wildman–Crippen LogP) is 4.54. The summed E-state index contributed by atoms with van der Waals surface area (Å²) >= 11 is 0. The van der Waals surface area contributed by atoms with Gasteiger partial charge in [-0.1, -0.05) is 66.7 Å². The van der Waals surface area contributed by atoms with Gasteiger partial charge >= 0.3 is 5.97 Å². The third kappa shape index (κ3) is 7.07. The lowest BCUT2D eigenvalue weighted by atomic mass is 9.97. The maximum atomic E-state index is 11.9. The largest absolute Gasteiger partial charge is 0.490 e. The number of carbonyl (C=O) groups is 1. The highest BCUT2D eigenvalue weighted by atomic mass is 16.5. The van der Waals surface area contributed by atoms with Crippen molar-refractivity contribution in [2.24, 2.45) is 0 Å². The molecule has 6 heteroatoms. The van der Waals surface area contributed by atoms with Crippen LogP contribution in [0.5, 0.6) is 11.5 Å². The van der Waals surface area contributed by atoms with Gasteiger partial charge in [0.2, 0.25) is 0 Å². The van der Waals surface area contributed by atoms with Gasteiger partial charge in [-0.2, -0.15) is 0 Å². The Morgan fingerprint density at radius 3 is 1.82 bits per heavy atom. The van der Waals surface area contributed by atoms with Crippen molar-refractivity contribution in [3.8, 4) is 11.5 Å². The predicted molar refractivity (Wildman–Crippen MR) is 132 cm³/mol. The molecule has 0 amide bonds. The number of aliphatic hydroxyl groups excluding tert-OH is 1. The zero-order valence-corrected chi connectivity index (χ0v) is 19.8. The minimum absolute atomic E-state index is 0.333. The van der Waals surface area contributed by atoms with Crippen molar-refractivity contribution in [1.82, 2.24) is 4.90 Å². The summed E-state index contributed by atoms with van der Waals surface area (Å²) in [5.74, 6) is 0.0176. The van der Waals surface area contributed by atoms with Crippen LogP contribution in [0.3, 0.4) is 0 Å². The van der Waals surface area contributed by atoms with E-state index in [4.69, 9.17) is 9.47 Å². The maximum Gasteiger partial charge on any atom is 0.334 e. The van der Waals surface area contributed by atoms with E-state index in [0.717, 1.165) is 16.7 Å². The molecule has 0 radical (unpaired) electrons. The van der Waals surface area contributed by atoms with Crippen LogP contribution < -0.4 is 9.47 Å². The van der Waals surface area contributed by atoms with Gasteiger partial charge in [0, 0.05) is 13.1 Å². The fourth-order valence-electron chi connectivity index (χ4n) is 4.00. The van der Waals surface area contributed by atoms with Crippen LogP contribution in [0.4, 0.5) is 0 Å². The minimum Gasteiger partial charge on any atom is -0.490 e. The SMILES string of the molecule is CCOc1ccc(CC(C(O)C(=O)O)N(Cc2ccccc2)Cc2ccccc2)cc1OCC. The summed E-state index contributed by atoms with van der Waals surface area (Å²) in [5.41, 5.74) is 2.95. The molecule has 2 atom stereocenters. The van der Waals surface area contributed by atoms with Crippen LogP contribution in [0.25, 0.3) is 0 Å². The van der Waals surface area contributed by atoms with Gasteiger partial charge < -0.3 is 19.7 Å². The fourth-order valence-corrected chi connectivity index (χ4v) is 4.00. The van der Waals surface area contributed by atoms with E-state index < -0.39 is 18.1 Å². The van der Waals surface area contributed by atoms with E-state index in [0.29, 0.717) is 44.2 Å². The number of benzene rings is 3. The van der Waals surface area contributed by atoms with Gasteiger partial charge in [-0.05, 0) is 49.1 Å². The molecule has 34 heavy (non-hydrogen) atoms. The Balaban J connectivity index is 1.96. The van der Waals surface area contributed by atoms with Crippen molar-refractivity contribution in [3.63, 3.8) is 0 Å². The lowest BCUT2D eigenvalue weighted by Crippen LogP contribution is -2.47. The molecule has 0 aliphatic carbocycles. The standard InChI is InChI=1S/C28H33NO5/c1-3-33-25-16-15-23(18-26(25)34-4-2)17-24(27(30)28(31)32)29(19-21-11-7-5-8-12-21)20-22-13-9-6-10-14-22/h5-16,18,24,27,30H,3-4,17,19-20H2,1-2H3,(H,31,32). The fraction of sp³-hybridized carbons (Fsp3) is 0.321. The van der Waals surface area contributed by atoms with Gasteiger partial charge in [0.1, 0.15) is 0 Å². The molecular weight excluding hydrogens is 430 g/mol. The van der Waals surface area contributed by atoms with Gasteiger partial charge in [-0.3, -0.25) is 4.90 Å². The molecule has 0 spiro atoms. The van der Waals surface area contributed by atoms with Gasteiger partial charge in [-0.15, -0.1) is 0 Å². The van der Waals surface area contributed by atoms with Crippen molar-refractivity contribution in [3.05, 3.63) is 95.6 Å². The summed E-state index contributed by atoms with van der Waals surface area (Å²) in [5, 5.41) is 20.5. The van der Waals surface area contributed by atoms with Crippen molar-refractivity contribution in [1.29, 1.82) is 0 Å².